The summed E-state index contributed by atoms with van der Waals surface area (Å²) in [4.78, 5) is 30.6. The average molecular weight is 316 g/mol. The van der Waals surface area contributed by atoms with Crippen LogP contribution in [0.2, 0.25) is 0 Å². The highest BCUT2D eigenvalue weighted by atomic mass is 32.2. The van der Waals surface area contributed by atoms with Crippen molar-refractivity contribution in [1.29, 1.82) is 0 Å². The summed E-state index contributed by atoms with van der Waals surface area (Å²) in [5, 5.41) is 7.74. The van der Waals surface area contributed by atoms with Gasteiger partial charge in [0.05, 0.1) is 5.75 Å². The van der Waals surface area contributed by atoms with Crippen LogP contribution in [-0.4, -0.2) is 39.8 Å². The number of primary sulfonamides is 1. The molecule has 0 unspecified atom stereocenters. The van der Waals surface area contributed by atoms with Crippen LogP contribution in [0, 0.1) is 0 Å². The standard InChI is InChI=1S/C10H16N6O4S/c1-15-7-6(8(17)16(2)10(15)18)13-9(14-7)12-4-3-5-21(11,19)20/h3-5H2,1-2H3,(H2,11,19,20)(H2,12,13,14). The van der Waals surface area contributed by atoms with Gasteiger partial charge >= 0.3 is 5.69 Å². The number of aromatic nitrogens is 4. The minimum Gasteiger partial charge on any atom is -0.356 e. The minimum atomic E-state index is -3.50. The summed E-state index contributed by atoms with van der Waals surface area (Å²) in [6.45, 7) is 0.310. The number of nitrogens with zero attached hydrogens (tertiary/aromatic N) is 3. The first-order valence-electron chi connectivity index (χ1n) is 6.11. The first kappa shape index (κ1) is 15.3. The summed E-state index contributed by atoms with van der Waals surface area (Å²) in [6.07, 6.45) is 0.298. The number of H-pyrrole nitrogens is 1. The van der Waals surface area contributed by atoms with Crippen LogP contribution < -0.4 is 21.7 Å². The topological polar surface area (TPSA) is 145 Å². The van der Waals surface area contributed by atoms with Crippen molar-refractivity contribution in [3.8, 4) is 0 Å². The van der Waals surface area contributed by atoms with Gasteiger partial charge in [-0.15, -0.1) is 0 Å². The number of nitrogens with two attached hydrogens (primary N) is 1. The van der Waals surface area contributed by atoms with Gasteiger partial charge in [-0.25, -0.2) is 18.4 Å². The van der Waals surface area contributed by atoms with Gasteiger partial charge in [0.15, 0.2) is 11.2 Å². The van der Waals surface area contributed by atoms with Crippen LogP contribution in [0.4, 0.5) is 5.95 Å². The van der Waals surface area contributed by atoms with E-state index >= 15 is 0 Å². The van der Waals surface area contributed by atoms with E-state index in [1.165, 1.54) is 18.7 Å². The van der Waals surface area contributed by atoms with E-state index in [1.807, 2.05) is 0 Å². The Bertz CT molecular complexity index is 891. The fraction of sp³-hybridized carbons (Fsp3) is 0.500. The summed E-state index contributed by atoms with van der Waals surface area (Å²) in [7, 11) is -0.608. The number of imidazole rings is 1. The zero-order valence-electron chi connectivity index (χ0n) is 11.6. The number of anilines is 1. The predicted molar refractivity (Wildman–Crippen MR) is 77.7 cm³/mol. The molecule has 2 aromatic rings. The van der Waals surface area contributed by atoms with Gasteiger partial charge in [-0.1, -0.05) is 0 Å². The third-order valence-corrected chi connectivity index (χ3v) is 3.85. The molecule has 4 N–H and O–H groups in total. The van der Waals surface area contributed by atoms with Crippen molar-refractivity contribution >= 4 is 27.1 Å². The van der Waals surface area contributed by atoms with E-state index in [-0.39, 0.29) is 22.9 Å². The van der Waals surface area contributed by atoms with Gasteiger partial charge < -0.3 is 10.3 Å². The minimum absolute atomic E-state index is 0.152. The molecule has 0 radical (unpaired) electrons. The van der Waals surface area contributed by atoms with Gasteiger partial charge in [-0.05, 0) is 6.42 Å². The lowest BCUT2D eigenvalue weighted by molar-refractivity contribution is 0.595. The van der Waals surface area contributed by atoms with Crippen LogP contribution in [0.25, 0.3) is 11.2 Å². The maximum atomic E-state index is 11.9. The molecule has 0 spiro atoms. The molecule has 116 valence electrons. The molecule has 0 bridgehead atoms. The third kappa shape index (κ3) is 3.13. The Hall–Kier alpha value is -2.14. The Morgan fingerprint density at radius 2 is 1.95 bits per heavy atom. The van der Waals surface area contributed by atoms with Gasteiger partial charge in [-0.2, -0.15) is 4.98 Å². The number of hydrogen-bond donors (Lipinski definition) is 3. The van der Waals surface area contributed by atoms with Gasteiger partial charge in [0, 0.05) is 20.6 Å². The van der Waals surface area contributed by atoms with Crippen LogP contribution in [0.15, 0.2) is 9.59 Å². The van der Waals surface area contributed by atoms with Gasteiger partial charge in [0.1, 0.15) is 0 Å². The molecule has 0 amide bonds. The van der Waals surface area contributed by atoms with Crippen LogP contribution in [0.5, 0.6) is 0 Å². The molecule has 0 aliphatic heterocycles. The first-order chi connectivity index (χ1) is 9.70. The molecule has 2 rings (SSSR count). The quantitative estimate of drug-likeness (QED) is 0.547. The molecule has 0 fully saturated rings. The molecule has 0 saturated heterocycles. The van der Waals surface area contributed by atoms with E-state index in [2.05, 4.69) is 15.3 Å². The highest BCUT2D eigenvalue weighted by molar-refractivity contribution is 7.89. The fourth-order valence-corrected chi connectivity index (χ4v) is 2.44. The van der Waals surface area contributed by atoms with Crippen molar-refractivity contribution in [3.05, 3.63) is 20.8 Å². The highest BCUT2D eigenvalue weighted by Gasteiger charge is 2.13. The maximum absolute atomic E-state index is 11.9. The second-order valence-electron chi connectivity index (χ2n) is 4.64. The number of aromatic amines is 1. The van der Waals surface area contributed by atoms with Crippen molar-refractivity contribution in [2.45, 2.75) is 6.42 Å². The Balaban J connectivity index is 2.24. The molecule has 0 aromatic carbocycles. The zero-order chi connectivity index (χ0) is 15.8. The molecule has 11 heteroatoms. The normalized spacial score (nSPS) is 12.0. The van der Waals surface area contributed by atoms with Gasteiger partial charge in [0.25, 0.3) is 5.56 Å². The predicted octanol–water partition coefficient (Wildman–Crippen LogP) is -1.95. The average Bonchev–Trinajstić information content (AvgIpc) is 2.82. The molecule has 2 aromatic heterocycles. The van der Waals surface area contributed by atoms with Crippen molar-refractivity contribution in [2.24, 2.45) is 19.2 Å². The summed E-state index contributed by atoms with van der Waals surface area (Å²) in [5.41, 5.74) is -0.511. The first-order valence-corrected chi connectivity index (χ1v) is 7.82. The molecular weight excluding hydrogens is 300 g/mol. The van der Waals surface area contributed by atoms with E-state index in [1.54, 1.807) is 0 Å². The van der Waals surface area contributed by atoms with Crippen LogP contribution in [0.1, 0.15) is 6.42 Å². The summed E-state index contributed by atoms with van der Waals surface area (Å²) < 4.78 is 23.8. The lowest BCUT2D eigenvalue weighted by Gasteiger charge is -2.01. The second kappa shape index (κ2) is 5.33. The lowest BCUT2D eigenvalue weighted by atomic mass is 10.5. The van der Waals surface area contributed by atoms with Crippen LogP contribution in [0.3, 0.4) is 0 Å². The summed E-state index contributed by atoms with van der Waals surface area (Å²) in [6, 6.07) is 0. The molecule has 0 saturated carbocycles. The van der Waals surface area contributed by atoms with E-state index in [4.69, 9.17) is 5.14 Å². The van der Waals surface area contributed by atoms with Crippen molar-refractivity contribution in [3.63, 3.8) is 0 Å². The van der Waals surface area contributed by atoms with Crippen LogP contribution in [-0.2, 0) is 24.1 Å². The fourth-order valence-electron chi connectivity index (χ4n) is 1.89. The molecular formula is C10H16N6O4S. The highest BCUT2D eigenvalue weighted by Crippen LogP contribution is 2.08. The zero-order valence-corrected chi connectivity index (χ0v) is 12.4. The van der Waals surface area contributed by atoms with Gasteiger partial charge in [-0.3, -0.25) is 13.9 Å². The SMILES string of the molecule is Cn1c(=O)c2[nH]c(NCCCS(N)(=O)=O)nc2n(C)c1=O. The Labute approximate surface area is 119 Å². The maximum Gasteiger partial charge on any atom is 0.332 e. The largest absolute Gasteiger partial charge is 0.356 e. The lowest BCUT2D eigenvalue weighted by Crippen LogP contribution is -2.36. The number of sulfonamides is 1. The number of aryl methyl sites for hydroxylation is 1. The van der Waals surface area contributed by atoms with E-state index in [0.717, 1.165) is 4.57 Å². The Kier molecular flexibility index (Phi) is 3.87. The smallest absolute Gasteiger partial charge is 0.332 e. The monoisotopic (exact) mass is 316 g/mol. The van der Waals surface area contributed by atoms with Crippen molar-refractivity contribution in [1.82, 2.24) is 19.1 Å². The molecule has 10 nitrogen and oxygen atoms in total. The summed E-state index contributed by atoms with van der Waals surface area (Å²) in [5.74, 6) is 0.137. The third-order valence-electron chi connectivity index (χ3n) is 2.99. The molecule has 21 heavy (non-hydrogen) atoms. The number of fused-ring (bicyclic) bond motifs is 1. The number of rotatable bonds is 5. The van der Waals surface area contributed by atoms with Crippen molar-refractivity contribution < 1.29 is 8.42 Å². The number of hydrogen-bond acceptors (Lipinski definition) is 6. The molecule has 0 aliphatic rings. The van der Waals surface area contributed by atoms with Crippen molar-refractivity contribution in [2.75, 3.05) is 17.6 Å². The molecule has 0 atom stereocenters. The summed E-state index contributed by atoms with van der Waals surface area (Å²) >= 11 is 0. The van der Waals surface area contributed by atoms with Crippen LogP contribution >= 0.6 is 0 Å². The molecule has 2 heterocycles. The van der Waals surface area contributed by atoms with E-state index < -0.39 is 21.3 Å². The van der Waals surface area contributed by atoms with E-state index in [9.17, 15) is 18.0 Å². The molecule has 0 aliphatic carbocycles. The van der Waals surface area contributed by atoms with Gasteiger partial charge in [0.2, 0.25) is 16.0 Å². The Morgan fingerprint density at radius 1 is 1.29 bits per heavy atom. The Morgan fingerprint density at radius 3 is 2.57 bits per heavy atom. The second-order valence-corrected chi connectivity index (χ2v) is 6.37. The van der Waals surface area contributed by atoms with E-state index in [0.29, 0.717) is 13.0 Å². The number of nitrogens with one attached hydrogen (secondary N) is 2.